The fraction of sp³-hybridized carbons (Fsp3) is 0.400. The molecule has 76 heavy (non-hydrogen) atoms. The highest BCUT2D eigenvalue weighted by Gasteiger charge is 1.92. The van der Waals surface area contributed by atoms with Crippen molar-refractivity contribution in [1.82, 2.24) is 36.5 Å². The summed E-state index contributed by atoms with van der Waals surface area (Å²) in [4.78, 5) is 67.5. The molecule has 0 saturated heterocycles. The summed E-state index contributed by atoms with van der Waals surface area (Å²) < 4.78 is 106. The van der Waals surface area contributed by atoms with Gasteiger partial charge in [-0.25, -0.2) is 89.9 Å². The van der Waals surface area contributed by atoms with Crippen molar-refractivity contribution >= 4 is 31.6 Å². The number of hydrogen-bond acceptors (Lipinski definition) is 12. The lowest BCUT2D eigenvalue weighted by atomic mass is 10.9. The number of hydrogen-bond donors (Lipinski definition) is 0. The van der Waals surface area contributed by atoms with Crippen molar-refractivity contribution in [3.8, 4) is 0 Å². The van der Waals surface area contributed by atoms with Gasteiger partial charge in [-0.2, -0.15) is 0 Å². The van der Waals surface area contributed by atoms with Gasteiger partial charge in [0.05, 0.1) is 113 Å². The van der Waals surface area contributed by atoms with E-state index in [0.29, 0.717) is 0 Å². The monoisotopic (exact) mass is 1170 g/mol. The van der Waals surface area contributed by atoms with Crippen LogP contribution in [0.4, 0.5) is 16.8 Å². The maximum absolute atomic E-state index is 10.1. The Kier molecular flexibility index (Phi) is 39.7. The molecule has 0 aliphatic heterocycles. The van der Waals surface area contributed by atoms with Gasteiger partial charge in [0.2, 0.25) is 50.6 Å². The van der Waals surface area contributed by atoms with E-state index in [1.807, 2.05) is 336 Å². The molecule has 0 atom stereocenters. The summed E-state index contributed by atoms with van der Waals surface area (Å²) in [5.41, 5.74) is 0. The minimum atomic E-state index is -5.64. The van der Waals surface area contributed by atoms with Gasteiger partial charge in [-0.05, 0) is 0 Å². The first-order chi connectivity index (χ1) is 34.3. The molecule has 8 aromatic heterocycles. The van der Waals surface area contributed by atoms with Gasteiger partial charge in [-0.1, -0.05) is 0 Å². The number of halogens is 4. The molecule has 8 heterocycles. The van der Waals surface area contributed by atoms with E-state index in [4.69, 9.17) is 57.4 Å². The second-order valence-corrected chi connectivity index (χ2v) is 19.1. The fourth-order valence-corrected chi connectivity index (χ4v) is 4.60. The molecule has 0 N–H and O–H groups in total. The van der Waals surface area contributed by atoms with Crippen molar-refractivity contribution in [3.63, 3.8) is 0 Å². The lowest BCUT2D eigenvalue weighted by Crippen LogP contribution is -2.23. The van der Waals surface area contributed by atoms with Crippen LogP contribution in [-0.4, -0.2) is 36.5 Å². The van der Waals surface area contributed by atoms with E-state index in [1.165, 1.54) is 0 Å². The van der Waals surface area contributed by atoms with E-state index in [0.717, 1.165) is 0 Å². The van der Waals surface area contributed by atoms with Crippen LogP contribution in [0, 0.1) is 0 Å². The van der Waals surface area contributed by atoms with Gasteiger partial charge in [0.15, 0.2) is 0 Å². The van der Waals surface area contributed by atoms with Crippen molar-refractivity contribution in [2.75, 3.05) is 0 Å². The molecule has 36 heteroatoms. The molecule has 0 fully saturated rings. The molecular formula is C40H72F4N16O12P4. The number of aryl methyl sites for hydroxylation is 16. The molecule has 8 rings (SSSR count). The standard InChI is InChI=1S/8C5H9N2.4FH2O3P/c8*1-6-3-4-7(2)5-6;4*1-5(2,3)4/h8*3-5H,1-2H3;4*(H2,2,3,4)/q8*+1;;;;/p-8. The van der Waals surface area contributed by atoms with Crippen LogP contribution in [0.1, 0.15) is 0 Å². The smallest absolute Gasteiger partial charge is 0.243 e. The highest BCUT2D eigenvalue weighted by atomic mass is 31.2. The predicted molar refractivity (Wildman–Crippen MR) is 248 cm³/mol. The molecule has 432 valence electrons. The Hall–Kier alpha value is -6.00. The second-order valence-electron chi connectivity index (χ2n) is 15.7. The third kappa shape index (κ3) is 70.1. The SMILES string of the molecule is Cn1cc[n+](C)c1.Cn1cc[n+](C)c1.Cn1cc[n+](C)c1.Cn1cc[n+](C)c1.Cn1cc[n+](C)c1.Cn1cc[n+](C)c1.Cn1cc[n+](C)c1.Cn1cc[n+](C)c1.O=P([O-])([O-])F.O=P([O-])([O-])F.O=P([O-])([O-])F.O=P([O-])([O-])F. The summed E-state index contributed by atoms with van der Waals surface area (Å²) in [6.45, 7) is 0. The second kappa shape index (κ2) is 39.4. The van der Waals surface area contributed by atoms with Crippen LogP contribution in [0.3, 0.4) is 0 Å². The van der Waals surface area contributed by atoms with Crippen LogP contribution in [0.25, 0.3) is 0 Å². The van der Waals surface area contributed by atoms with E-state index >= 15 is 0 Å². The fourth-order valence-electron chi connectivity index (χ4n) is 4.60. The van der Waals surface area contributed by atoms with Gasteiger partial charge in [0.25, 0.3) is 0 Å². The first kappa shape index (κ1) is 76.5. The van der Waals surface area contributed by atoms with Crippen molar-refractivity contribution in [2.45, 2.75) is 0 Å². The van der Waals surface area contributed by atoms with Crippen LogP contribution in [0.5, 0.6) is 0 Å². The van der Waals surface area contributed by atoms with Crippen molar-refractivity contribution < 1.29 is 111 Å². The van der Waals surface area contributed by atoms with E-state index < -0.39 is 31.6 Å². The maximum atomic E-state index is 10.1. The molecule has 8 aromatic rings. The topological polar surface area (TPSA) is 323 Å². The van der Waals surface area contributed by atoms with Crippen LogP contribution in [0.2, 0.25) is 0 Å². The summed E-state index contributed by atoms with van der Waals surface area (Å²) in [5, 5.41) is 0. The molecule has 0 aliphatic rings. The van der Waals surface area contributed by atoms with Crippen molar-refractivity contribution in [1.29, 1.82) is 0 Å². The third-order valence-corrected chi connectivity index (χ3v) is 7.21. The van der Waals surface area contributed by atoms with E-state index in [9.17, 15) is 16.8 Å². The predicted octanol–water partition coefficient (Wildman–Crippen LogP) is -6.06. The van der Waals surface area contributed by atoms with Gasteiger partial charge >= 0.3 is 0 Å². The Labute approximate surface area is 440 Å². The highest BCUT2D eigenvalue weighted by Crippen LogP contribution is 2.23. The minimum absolute atomic E-state index is 2.00. The highest BCUT2D eigenvalue weighted by molar-refractivity contribution is 7.43. The Morgan fingerprint density at radius 1 is 0.250 bits per heavy atom. The molecule has 0 radical (unpaired) electrons. The summed E-state index contributed by atoms with van der Waals surface area (Å²) in [6.07, 6.45) is 48.0. The zero-order chi connectivity index (χ0) is 60.2. The van der Waals surface area contributed by atoms with Gasteiger partial charge in [0.1, 0.15) is 131 Å². The maximum Gasteiger partial charge on any atom is 0.243 e. The molecule has 0 spiro atoms. The average molecular weight is 1170 g/mol. The quantitative estimate of drug-likeness (QED) is 0.0779. The summed E-state index contributed by atoms with van der Waals surface area (Å²) in [7, 11) is 9.44. The Balaban J connectivity index is -0.000000373. The lowest BCUT2D eigenvalue weighted by Gasteiger charge is -2.15. The van der Waals surface area contributed by atoms with Gasteiger partial charge in [0, 0.05) is 0 Å². The summed E-state index contributed by atoms with van der Waals surface area (Å²) in [5.74, 6) is 0. The first-order valence-electron chi connectivity index (χ1n) is 21.0. The van der Waals surface area contributed by atoms with Crippen LogP contribution in [-0.2, 0) is 131 Å². The van der Waals surface area contributed by atoms with E-state index in [1.54, 1.807) is 0 Å². The summed E-state index contributed by atoms with van der Waals surface area (Å²) >= 11 is 0. The molecule has 0 saturated carbocycles. The van der Waals surface area contributed by atoms with Crippen molar-refractivity contribution in [2.24, 2.45) is 113 Å². The number of aromatic nitrogens is 16. The van der Waals surface area contributed by atoms with Crippen LogP contribution in [0.15, 0.2) is 150 Å². The Bertz CT molecular complexity index is 2210. The molecule has 0 bridgehead atoms. The molecular weight excluding hydrogens is 1100 g/mol. The zero-order valence-corrected chi connectivity index (χ0v) is 48.8. The van der Waals surface area contributed by atoms with Crippen LogP contribution >= 0.6 is 31.6 Å². The van der Waals surface area contributed by atoms with Crippen LogP contribution < -0.4 is 75.7 Å². The largest absolute Gasteiger partial charge is 0.786 e. The normalized spacial score (nSPS) is 10.1. The Morgan fingerprint density at radius 3 is 0.329 bits per heavy atom. The molecule has 0 unspecified atom stereocenters. The number of rotatable bonds is 0. The average Bonchev–Trinajstić information content (AvgIpc) is 4.12. The van der Waals surface area contributed by atoms with Gasteiger partial charge in [-0.15, -0.1) is 0 Å². The molecule has 28 nitrogen and oxygen atoms in total. The molecule has 0 aliphatic carbocycles. The van der Waals surface area contributed by atoms with Gasteiger partial charge in [-0.3, -0.25) is 0 Å². The van der Waals surface area contributed by atoms with Gasteiger partial charge < -0.3 is 57.4 Å². The number of imidazole rings is 8. The molecule has 0 aromatic carbocycles. The first-order valence-corrected chi connectivity index (χ1v) is 26.7. The van der Waals surface area contributed by atoms with E-state index in [2.05, 4.69) is 0 Å². The minimum Gasteiger partial charge on any atom is -0.786 e. The summed E-state index contributed by atoms with van der Waals surface area (Å²) in [6, 6.07) is 0. The third-order valence-electron chi connectivity index (χ3n) is 7.21. The Morgan fingerprint density at radius 2 is 0.316 bits per heavy atom. The lowest BCUT2D eigenvalue weighted by molar-refractivity contribution is -0.671. The number of nitrogens with zero attached hydrogens (tertiary/aromatic N) is 16. The van der Waals surface area contributed by atoms with Crippen molar-refractivity contribution in [3.05, 3.63) is 150 Å². The zero-order valence-electron chi connectivity index (χ0n) is 45.2. The van der Waals surface area contributed by atoms with E-state index in [-0.39, 0.29) is 0 Å². The molecule has 0 amide bonds.